The zero-order valence-electron chi connectivity index (χ0n) is 28.4. The lowest BCUT2D eigenvalue weighted by molar-refractivity contribution is 0.102. The van der Waals surface area contributed by atoms with Gasteiger partial charge in [0, 0.05) is 24.5 Å². The Labute approximate surface area is 310 Å². The molecule has 0 atom stereocenters. The fraction of sp³-hybridized carbons (Fsp3) is 0.371. The summed E-state index contributed by atoms with van der Waals surface area (Å²) in [6.45, 7) is 0. The van der Waals surface area contributed by atoms with Crippen molar-refractivity contribution in [2.75, 3.05) is 59.3 Å². The van der Waals surface area contributed by atoms with Gasteiger partial charge < -0.3 is 31.6 Å². The van der Waals surface area contributed by atoms with Gasteiger partial charge in [-0.15, -0.1) is 0 Å². The number of anilines is 4. The van der Waals surface area contributed by atoms with Crippen LogP contribution in [0.1, 0.15) is 65.0 Å². The van der Waals surface area contributed by atoms with E-state index >= 15 is 0 Å². The number of sulfone groups is 1. The Balaban J connectivity index is 0.000000233. The van der Waals surface area contributed by atoms with Crippen LogP contribution in [0.15, 0.2) is 48.8 Å². The number of nitrogens with zero attached hydrogens (tertiary/aromatic N) is 4. The summed E-state index contributed by atoms with van der Waals surface area (Å²) >= 11 is 1.93. The normalized spacial score (nSPS) is 15.5. The summed E-state index contributed by atoms with van der Waals surface area (Å²) in [4.78, 5) is 41.9. The van der Waals surface area contributed by atoms with Crippen LogP contribution in [0, 0.1) is 11.6 Å². The molecule has 284 valence electrons. The highest BCUT2D eigenvalue weighted by atomic mass is 32.2. The third-order valence-electron chi connectivity index (χ3n) is 8.38. The first-order chi connectivity index (χ1) is 24.9. The van der Waals surface area contributed by atoms with E-state index in [1.807, 2.05) is 11.8 Å². The molecule has 4 heterocycles. The number of carbonyl (C=O) groups excluding carboxylic acids is 2. The summed E-state index contributed by atoms with van der Waals surface area (Å²) in [5.41, 5.74) is 12.1. The second-order valence-corrected chi connectivity index (χ2v) is 15.5. The predicted octanol–water partition coefficient (Wildman–Crippen LogP) is 4.81. The molecule has 4 aromatic rings. The van der Waals surface area contributed by atoms with E-state index < -0.39 is 33.0 Å². The molecule has 0 aliphatic carbocycles. The van der Waals surface area contributed by atoms with E-state index in [1.165, 1.54) is 50.9 Å². The standard InChI is InChI=1S/C17H19FN4O4S.C17H19FN4O2S.CH4/c1-26-14-3-2-10(18)8-12(14)15(23)13-9-20-17(22-16(13)19)21-11-4-6-27(24,25)7-5-11;1-24-14-3-2-10(18)8-12(14)15(23)13-9-20-17(22-16(13)19)21-11-4-6-25-7-5-11;/h2-3,8-9,11H,4-7H2,1H3,(H3,19,20,21,22);2-3,8-9,11H,4-7H2,1H3,(H3,19,20,21,22);1H4. The zero-order valence-corrected chi connectivity index (χ0v) is 30.0. The molecule has 14 nitrogen and oxygen atoms in total. The average Bonchev–Trinajstić information content (AvgIpc) is 3.13. The lowest BCUT2D eigenvalue weighted by atomic mass is 10.0. The number of rotatable bonds is 10. The number of hydrogen-bond donors (Lipinski definition) is 4. The Bertz CT molecular complexity index is 2040. The summed E-state index contributed by atoms with van der Waals surface area (Å²) < 4.78 is 60.2. The smallest absolute Gasteiger partial charge is 0.224 e. The van der Waals surface area contributed by atoms with Crippen LogP contribution in [0.3, 0.4) is 0 Å². The van der Waals surface area contributed by atoms with Gasteiger partial charge in [-0.1, -0.05) is 7.43 Å². The van der Waals surface area contributed by atoms with Gasteiger partial charge in [0.25, 0.3) is 0 Å². The van der Waals surface area contributed by atoms with Crippen molar-refractivity contribution in [1.29, 1.82) is 0 Å². The molecule has 0 radical (unpaired) electrons. The van der Waals surface area contributed by atoms with Crippen molar-refractivity contribution in [1.82, 2.24) is 19.9 Å². The molecule has 6 rings (SSSR count). The first kappa shape index (κ1) is 40.7. The number of nitrogen functional groups attached to an aromatic ring is 2. The highest BCUT2D eigenvalue weighted by Crippen LogP contribution is 2.27. The minimum absolute atomic E-state index is 0. The van der Waals surface area contributed by atoms with Crippen molar-refractivity contribution in [3.8, 4) is 11.5 Å². The molecule has 18 heteroatoms. The third-order valence-corrected chi connectivity index (χ3v) is 11.1. The van der Waals surface area contributed by atoms with Crippen LogP contribution in [-0.2, 0) is 9.84 Å². The van der Waals surface area contributed by atoms with Crippen molar-refractivity contribution in [2.45, 2.75) is 45.2 Å². The number of benzene rings is 2. The number of nitrogens with two attached hydrogens (primary N) is 2. The second kappa shape index (κ2) is 18.1. The molecule has 53 heavy (non-hydrogen) atoms. The van der Waals surface area contributed by atoms with Crippen molar-refractivity contribution in [3.63, 3.8) is 0 Å². The Kier molecular flexibility index (Phi) is 13.9. The monoisotopic (exact) mass is 772 g/mol. The van der Waals surface area contributed by atoms with Crippen LogP contribution >= 0.6 is 11.8 Å². The van der Waals surface area contributed by atoms with Crippen LogP contribution in [0.4, 0.5) is 32.3 Å². The van der Waals surface area contributed by atoms with E-state index in [1.54, 1.807) is 0 Å². The molecule has 0 bridgehead atoms. The van der Waals surface area contributed by atoms with Gasteiger partial charge in [-0.25, -0.2) is 27.2 Å². The molecule has 0 saturated carbocycles. The van der Waals surface area contributed by atoms with E-state index in [-0.39, 0.29) is 76.3 Å². The zero-order chi connectivity index (χ0) is 37.4. The number of thioether (sulfide) groups is 1. The molecule has 2 aromatic carbocycles. The molecule has 0 unspecified atom stereocenters. The predicted molar refractivity (Wildman–Crippen MR) is 202 cm³/mol. The Hall–Kier alpha value is -5.10. The van der Waals surface area contributed by atoms with Crippen molar-refractivity contribution >= 4 is 56.7 Å². The maximum Gasteiger partial charge on any atom is 0.224 e. The number of hydrogen-bond acceptors (Lipinski definition) is 15. The summed E-state index contributed by atoms with van der Waals surface area (Å²) in [5.74, 6) is 1.36. The number of nitrogens with one attached hydrogen (secondary N) is 2. The van der Waals surface area contributed by atoms with Gasteiger partial charge in [-0.3, -0.25) is 9.59 Å². The number of ether oxygens (including phenoxy) is 2. The highest BCUT2D eigenvalue weighted by molar-refractivity contribution is 7.99. The number of halogens is 2. The van der Waals surface area contributed by atoms with E-state index in [4.69, 9.17) is 20.9 Å². The largest absolute Gasteiger partial charge is 0.496 e. The molecule has 2 aromatic heterocycles. The van der Waals surface area contributed by atoms with Crippen LogP contribution in [-0.4, -0.2) is 89.2 Å². The lowest BCUT2D eigenvalue weighted by Gasteiger charge is -2.23. The van der Waals surface area contributed by atoms with Crippen LogP contribution in [0.25, 0.3) is 0 Å². The van der Waals surface area contributed by atoms with Gasteiger partial charge >= 0.3 is 0 Å². The Morgan fingerprint density at radius 3 is 1.55 bits per heavy atom. The highest BCUT2D eigenvalue weighted by Gasteiger charge is 2.25. The molecule has 2 aliphatic heterocycles. The number of carbonyl (C=O) groups is 2. The van der Waals surface area contributed by atoms with Gasteiger partial charge in [-0.05, 0) is 73.6 Å². The Morgan fingerprint density at radius 1 is 0.736 bits per heavy atom. The number of aromatic nitrogens is 4. The average molecular weight is 773 g/mol. The maximum atomic E-state index is 13.5. The minimum atomic E-state index is -2.97. The minimum Gasteiger partial charge on any atom is -0.496 e. The van der Waals surface area contributed by atoms with Crippen LogP contribution < -0.4 is 31.6 Å². The SMILES string of the molecule is C.COc1ccc(F)cc1C(=O)c1cnc(NC2CCS(=O)(=O)CC2)nc1N.COc1ccc(F)cc1C(=O)c1cnc(NC2CCSCC2)nc1N. The van der Waals surface area contributed by atoms with Crippen molar-refractivity contribution in [3.05, 3.63) is 82.7 Å². The fourth-order valence-electron chi connectivity index (χ4n) is 5.53. The van der Waals surface area contributed by atoms with Gasteiger partial charge in [0.1, 0.15) is 44.6 Å². The summed E-state index contributed by atoms with van der Waals surface area (Å²) in [5, 5.41) is 6.28. The number of methoxy groups -OCH3 is 2. The van der Waals surface area contributed by atoms with Gasteiger partial charge in [0.15, 0.2) is 0 Å². The topological polar surface area (TPSA) is 214 Å². The molecular formula is C35H42F2N8O6S2. The molecule has 2 saturated heterocycles. The molecule has 6 N–H and O–H groups in total. The second-order valence-electron chi connectivity index (χ2n) is 11.9. The van der Waals surface area contributed by atoms with Gasteiger partial charge in [0.05, 0.1) is 48.0 Å². The van der Waals surface area contributed by atoms with Crippen LogP contribution in [0.5, 0.6) is 11.5 Å². The van der Waals surface area contributed by atoms with E-state index in [0.29, 0.717) is 24.8 Å². The van der Waals surface area contributed by atoms with Crippen molar-refractivity contribution < 1.29 is 36.3 Å². The Morgan fingerprint density at radius 2 is 1.15 bits per heavy atom. The fourth-order valence-corrected chi connectivity index (χ4v) is 8.12. The van der Waals surface area contributed by atoms with Gasteiger partial charge in [0.2, 0.25) is 23.5 Å². The molecular weight excluding hydrogens is 731 g/mol. The van der Waals surface area contributed by atoms with E-state index in [9.17, 15) is 26.8 Å². The summed E-state index contributed by atoms with van der Waals surface area (Å²) in [7, 11) is -0.175. The van der Waals surface area contributed by atoms with Crippen molar-refractivity contribution in [2.24, 2.45) is 0 Å². The van der Waals surface area contributed by atoms with E-state index in [2.05, 4.69) is 30.6 Å². The first-order valence-electron chi connectivity index (χ1n) is 16.2. The number of ketones is 2. The summed E-state index contributed by atoms with van der Waals surface area (Å²) in [6, 6.07) is 7.58. The molecule has 0 spiro atoms. The van der Waals surface area contributed by atoms with Crippen LogP contribution in [0.2, 0.25) is 0 Å². The molecule has 2 aliphatic rings. The molecule has 2 fully saturated rings. The van der Waals surface area contributed by atoms with Gasteiger partial charge in [-0.2, -0.15) is 21.7 Å². The molecule has 0 amide bonds. The third kappa shape index (κ3) is 10.5. The van der Waals surface area contributed by atoms with E-state index in [0.717, 1.165) is 36.5 Å². The maximum absolute atomic E-state index is 13.5. The first-order valence-corrected chi connectivity index (χ1v) is 19.2. The quantitative estimate of drug-likeness (QED) is 0.159. The lowest BCUT2D eigenvalue weighted by Crippen LogP contribution is -2.32. The summed E-state index contributed by atoms with van der Waals surface area (Å²) in [6.07, 6.45) is 5.61.